The van der Waals surface area contributed by atoms with E-state index < -0.39 is 15.0 Å². The molecule has 0 fully saturated rings. The maximum absolute atomic E-state index is 14.0. The lowest BCUT2D eigenvalue weighted by Gasteiger charge is -2.12. The van der Waals surface area contributed by atoms with Crippen molar-refractivity contribution in [1.29, 1.82) is 0 Å². The first kappa shape index (κ1) is 45.8. The van der Waals surface area contributed by atoms with E-state index in [0.717, 1.165) is 29.0 Å². The summed E-state index contributed by atoms with van der Waals surface area (Å²) in [7, 11) is -4.60. The minimum Gasteiger partial charge on any atom is -0.457 e. The number of carbonyl (C=O) groups is 3. The molecule has 0 spiro atoms. The molecule has 334 valence electrons. The van der Waals surface area contributed by atoms with Gasteiger partial charge in [0.2, 0.25) is 5.88 Å². The maximum Gasteiger partial charge on any atom is 0.296 e. The van der Waals surface area contributed by atoms with Crippen molar-refractivity contribution in [3.63, 3.8) is 0 Å². The molecule has 67 heavy (non-hydrogen) atoms. The second-order valence-electron chi connectivity index (χ2n) is 15.0. The first-order chi connectivity index (χ1) is 32.3. The molecule has 0 saturated carbocycles. The molecular formula is C52H37NO12S2. The van der Waals surface area contributed by atoms with Gasteiger partial charge in [0.1, 0.15) is 38.5 Å². The number of pyridine rings is 1. The second-order valence-corrected chi connectivity index (χ2v) is 17.2. The normalized spacial score (nSPS) is 11.2. The number of nitrogens with zero attached hydrogens (tertiary/aromatic N) is 1. The SMILES string of the molecule is Cc1ccc(C(=O)c2ccc(Oc3cccc(Oc4ccc(C(=O)c5ccc(-c6ccc(C)cc6C(=O)c6ccc(Oc7ncc(S(=O)(=O)O)cc7SOOO)cc6)cc5)cc4)c3)cc2)cc1. The van der Waals surface area contributed by atoms with Gasteiger partial charge in [-0.15, -0.1) is 4.33 Å². The number of hydrogen-bond acceptors (Lipinski definition) is 13. The molecule has 0 unspecified atom stereocenters. The molecule has 7 aromatic carbocycles. The van der Waals surface area contributed by atoms with Crippen molar-refractivity contribution >= 4 is 39.5 Å². The first-order valence-corrected chi connectivity index (χ1v) is 22.5. The Kier molecular flexibility index (Phi) is 13.8. The van der Waals surface area contributed by atoms with E-state index in [1.807, 2.05) is 50.2 Å². The Morgan fingerprint density at radius 3 is 1.49 bits per heavy atom. The third kappa shape index (κ3) is 11.2. The van der Waals surface area contributed by atoms with Crippen molar-refractivity contribution < 1.29 is 56.2 Å². The summed E-state index contributed by atoms with van der Waals surface area (Å²) in [6.07, 6.45) is 0.878. The topological polar surface area (TPSA) is 185 Å². The minimum absolute atomic E-state index is 0.0511. The van der Waals surface area contributed by atoms with Crippen LogP contribution in [0.5, 0.6) is 34.6 Å². The summed E-state index contributed by atoms with van der Waals surface area (Å²) in [6, 6.07) is 48.0. The van der Waals surface area contributed by atoms with Crippen molar-refractivity contribution in [3.8, 4) is 45.8 Å². The van der Waals surface area contributed by atoms with Crippen molar-refractivity contribution in [2.75, 3.05) is 0 Å². The van der Waals surface area contributed by atoms with Gasteiger partial charge in [-0.1, -0.05) is 82.9 Å². The average Bonchev–Trinajstić information content (AvgIpc) is 3.34. The molecule has 1 heterocycles. The van der Waals surface area contributed by atoms with E-state index in [1.54, 1.807) is 115 Å². The number of hydrogen-bond donors (Lipinski definition) is 2. The van der Waals surface area contributed by atoms with E-state index in [2.05, 4.69) is 14.4 Å². The molecule has 0 amide bonds. The zero-order valence-corrected chi connectivity index (χ0v) is 37.1. The molecule has 0 aliphatic carbocycles. The number of carbonyl (C=O) groups excluding carboxylic acids is 3. The Hall–Kier alpha value is -7.76. The Morgan fingerprint density at radius 1 is 0.522 bits per heavy atom. The highest BCUT2D eigenvalue weighted by Gasteiger charge is 2.20. The molecule has 0 aliphatic rings. The number of benzene rings is 7. The van der Waals surface area contributed by atoms with Gasteiger partial charge in [0, 0.05) is 39.4 Å². The summed E-state index contributed by atoms with van der Waals surface area (Å²) in [4.78, 5) is 43.8. The third-order valence-electron chi connectivity index (χ3n) is 10.3. The smallest absolute Gasteiger partial charge is 0.296 e. The minimum atomic E-state index is -4.60. The average molecular weight is 932 g/mol. The zero-order valence-electron chi connectivity index (χ0n) is 35.5. The quantitative estimate of drug-likeness (QED) is 0.0289. The summed E-state index contributed by atoms with van der Waals surface area (Å²) in [5, 5.41) is 12.2. The van der Waals surface area contributed by atoms with Gasteiger partial charge < -0.3 is 14.2 Å². The monoisotopic (exact) mass is 931 g/mol. The van der Waals surface area contributed by atoms with Crippen LogP contribution in [0.1, 0.15) is 58.9 Å². The summed E-state index contributed by atoms with van der Waals surface area (Å²) >= 11 is 0.384. The van der Waals surface area contributed by atoms with Crippen molar-refractivity contribution in [3.05, 3.63) is 221 Å². The van der Waals surface area contributed by atoms with Crippen LogP contribution in [-0.2, 0) is 19.5 Å². The van der Waals surface area contributed by atoms with Gasteiger partial charge in [-0.05, 0) is 122 Å². The van der Waals surface area contributed by atoms with Crippen molar-refractivity contribution in [2.24, 2.45) is 0 Å². The predicted octanol–water partition coefficient (Wildman–Crippen LogP) is 12.1. The molecule has 13 nitrogen and oxygen atoms in total. The largest absolute Gasteiger partial charge is 0.457 e. The van der Waals surface area contributed by atoms with Crippen LogP contribution in [0.4, 0.5) is 0 Å². The molecule has 0 bridgehead atoms. The van der Waals surface area contributed by atoms with Crippen LogP contribution in [-0.4, -0.2) is 40.6 Å². The number of aromatic nitrogens is 1. The molecule has 15 heteroatoms. The van der Waals surface area contributed by atoms with Crippen LogP contribution in [0.2, 0.25) is 0 Å². The van der Waals surface area contributed by atoms with Gasteiger partial charge in [-0.25, -0.2) is 10.2 Å². The van der Waals surface area contributed by atoms with E-state index in [4.69, 9.17) is 19.5 Å². The Morgan fingerprint density at radius 2 is 0.985 bits per heavy atom. The van der Waals surface area contributed by atoms with Gasteiger partial charge in [-0.3, -0.25) is 18.9 Å². The van der Waals surface area contributed by atoms with E-state index in [0.29, 0.717) is 74.0 Å². The van der Waals surface area contributed by atoms with Crippen LogP contribution >= 0.6 is 12.0 Å². The van der Waals surface area contributed by atoms with E-state index in [-0.39, 0.29) is 33.9 Å². The van der Waals surface area contributed by atoms with Crippen LogP contribution < -0.4 is 14.2 Å². The number of rotatable bonds is 17. The highest BCUT2D eigenvalue weighted by molar-refractivity contribution is 7.94. The van der Waals surface area contributed by atoms with Crippen molar-refractivity contribution in [1.82, 2.24) is 4.98 Å². The van der Waals surface area contributed by atoms with Gasteiger partial charge in [0.25, 0.3) is 10.1 Å². The van der Waals surface area contributed by atoms with E-state index in [1.165, 1.54) is 12.1 Å². The number of aryl methyl sites for hydroxylation is 2. The van der Waals surface area contributed by atoms with Gasteiger partial charge in [0.05, 0.1) is 18.2 Å². The predicted molar refractivity (Wildman–Crippen MR) is 249 cm³/mol. The highest BCUT2D eigenvalue weighted by Crippen LogP contribution is 2.35. The molecule has 2 N–H and O–H groups in total. The van der Waals surface area contributed by atoms with Crippen LogP contribution in [0.25, 0.3) is 11.1 Å². The number of ketones is 3. The summed E-state index contributed by atoms with van der Waals surface area (Å²) in [5.74, 6) is 1.68. The summed E-state index contributed by atoms with van der Waals surface area (Å²) < 4.78 is 54.9. The molecule has 0 radical (unpaired) electrons. The van der Waals surface area contributed by atoms with Gasteiger partial charge in [-0.2, -0.15) is 8.42 Å². The third-order valence-corrected chi connectivity index (χ3v) is 11.7. The molecule has 0 aliphatic heterocycles. The Balaban J connectivity index is 0.903. The van der Waals surface area contributed by atoms with Gasteiger partial charge in [0.15, 0.2) is 17.3 Å². The lowest BCUT2D eigenvalue weighted by molar-refractivity contribution is -0.432. The second kappa shape index (κ2) is 20.2. The molecule has 0 atom stereocenters. The zero-order chi connectivity index (χ0) is 47.1. The molecule has 8 rings (SSSR count). The molecule has 0 saturated heterocycles. The Bertz CT molecular complexity index is 3210. The van der Waals surface area contributed by atoms with Gasteiger partial charge >= 0.3 is 0 Å². The lowest BCUT2D eigenvalue weighted by atomic mass is 9.91. The molecular weight excluding hydrogens is 895 g/mol. The molecule has 8 aromatic rings. The van der Waals surface area contributed by atoms with E-state index in [9.17, 15) is 27.4 Å². The Labute approximate surface area is 389 Å². The fraction of sp³-hybridized carbons (Fsp3) is 0.0385. The van der Waals surface area contributed by atoms with Crippen LogP contribution in [0.15, 0.2) is 186 Å². The van der Waals surface area contributed by atoms with Crippen LogP contribution in [0, 0.1) is 13.8 Å². The maximum atomic E-state index is 14.0. The van der Waals surface area contributed by atoms with Crippen LogP contribution in [0.3, 0.4) is 0 Å². The summed E-state index contributed by atoms with van der Waals surface area (Å²) in [5.41, 5.74) is 6.17. The fourth-order valence-electron chi connectivity index (χ4n) is 6.84. The lowest BCUT2D eigenvalue weighted by Crippen LogP contribution is -2.05. The molecule has 1 aromatic heterocycles. The summed E-state index contributed by atoms with van der Waals surface area (Å²) in [6.45, 7) is 3.85. The standard InChI is InChI=1S/C52H37NO12S2/c1-32-6-9-35(10-7-32)49(54)37-15-21-40(22-16-37)61-43-4-3-5-44(29-43)62-41-23-17-38(18-24-41)50(55)36-13-11-34(12-14-36)46-27-8-33(2)28-47(46)51(56)39-19-25-42(26-20-39)63-52-48(66-65-64-57)30-45(31-53-52)67(58,59)60/h3-31,57H,1-2H3,(H,58,59,60). The van der Waals surface area contributed by atoms with E-state index >= 15 is 0 Å². The highest BCUT2D eigenvalue weighted by atomic mass is 32.2. The number of ether oxygens (including phenoxy) is 3. The van der Waals surface area contributed by atoms with Crippen molar-refractivity contribution in [2.45, 2.75) is 23.6 Å². The first-order valence-electron chi connectivity index (χ1n) is 20.3. The fourth-order valence-corrected chi connectivity index (χ4v) is 7.82.